The number of nitrogens with zero attached hydrogens (tertiary/aromatic N) is 4. The van der Waals surface area contributed by atoms with Crippen molar-refractivity contribution in [2.24, 2.45) is 0 Å². The molecule has 2 aromatic heterocycles. The van der Waals surface area contributed by atoms with Crippen LogP contribution in [0.15, 0.2) is 58.9 Å². The number of anilines is 3. The lowest BCUT2D eigenvalue weighted by atomic mass is 10.2. The highest BCUT2D eigenvalue weighted by molar-refractivity contribution is 8.01. The number of hydrogen-bond donors (Lipinski definition) is 2. The van der Waals surface area contributed by atoms with E-state index >= 15 is 0 Å². The molecule has 0 aliphatic heterocycles. The van der Waals surface area contributed by atoms with Crippen molar-refractivity contribution in [2.45, 2.75) is 31.5 Å². The molecule has 2 N–H and O–H groups in total. The minimum absolute atomic E-state index is 0.0427. The summed E-state index contributed by atoms with van der Waals surface area (Å²) in [6.07, 6.45) is 0.375. The average Bonchev–Trinajstić information content (AvgIpc) is 3.35. The number of carbonyl (C=O) groups excluding carboxylic acids is 1. The van der Waals surface area contributed by atoms with Crippen LogP contribution in [0, 0.1) is 20.8 Å². The molecule has 1 amide bonds. The van der Waals surface area contributed by atoms with Crippen molar-refractivity contribution >= 4 is 45.5 Å². The van der Waals surface area contributed by atoms with Crippen LogP contribution in [0.1, 0.15) is 23.4 Å². The van der Waals surface area contributed by atoms with Gasteiger partial charge in [0.25, 0.3) is 0 Å². The van der Waals surface area contributed by atoms with Gasteiger partial charge in [0.2, 0.25) is 11.0 Å². The Morgan fingerprint density at radius 1 is 1.03 bits per heavy atom. The molecule has 0 saturated carbocycles. The summed E-state index contributed by atoms with van der Waals surface area (Å²) in [5.41, 5.74) is 5.62. The van der Waals surface area contributed by atoms with Crippen molar-refractivity contribution < 1.29 is 4.79 Å². The van der Waals surface area contributed by atoms with Gasteiger partial charge in [0.1, 0.15) is 0 Å². The Labute approximate surface area is 195 Å². The van der Waals surface area contributed by atoms with E-state index in [1.54, 1.807) is 0 Å². The summed E-state index contributed by atoms with van der Waals surface area (Å²) in [4.78, 5) is 12.5. The number of para-hydroxylation sites is 1. The van der Waals surface area contributed by atoms with Crippen LogP contribution in [0.2, 0.25) is 0 Å². The first-order chi connectivity index (χ1) is 15.5. The van der Waals surface area contributed by atoms with Crippen LogP contribution >= 0.6 is 23.1 Å². The van der Waals surface area contributed by atoms with E-state index in [0.717, 1.165) is 37.9 Å². The molecule has 0 atom stereocenters. The molecule has 2 heterocycles. The van der Waals surface area contributed by atoms with Crippen LogP contribution < -0.4 is 10.6 Å². The van der Waals surface area contributed by atoms with Gasteiger partial charge in [-0.25, -0.2) is 4.68 Å². The fourth-order valence-corrected chi connectivity index (χ4v) is 4.94. The number of rotatable bonds is 8. The van der Waals surface area contributed by atoms with E-state index < -0.39 is 0 Å². The van der Waals surface area contributed by atoms with Gasteiger partial charge in [0.15, 0.2) is 4.34 Å². The zero-order valence-electron chi connectivity index (χ0n) is 18.1. The normalized spacial score (nSPS) is 10.8. The molecular weight excluding hydrogens is 440 g/mol. The maximum absolute atomic E-state index is 12.5. The third-order valence-corrected chi connectivity index (χ3v) is 6.79. The molecule has 9 heteroatoms. The molecule has 0 fully saturated rings. The van der Waals surface area contributed by atoms with E-state index in [0.29, 0.717) is 12.2 Å². The molecule has 0 unspecified atom stereocenters. The largest absolute Gasteiger partial charge is 0.330 e. The Hall–Kier alpha value is -3.17. The summed E-state index contributed by atoms with van der Waals surface area (Å²) in [6.45, 7) is 5.92. The Balaban J connectivity index is 1.29. The first-order valence-corrected chi connectivity index (χ1v) is 12.0. The highest BCUT2D eigenvalue weighted by Gasteiger charge is 2.15. The van der Waals surface area contributed by atoms with E-state index in [2.05, 4.69) is 32.9 Å². The van der Waals surface area contributed by atoms with Gasteiger partial charge in [-0.2, -0.15) is 5.10 Å². The summed E-state index contributed by atoms with van der Waals surface area (Å²) in [6, 6.07) is 18.0. The Bertz CT molecular complexity index is 1200. The number of aromatic nitrogens is 4. The lowest BCUT2D eigenvalue weighted by Gasteiger charge is -2.07. The van der Waals surface area contributed by atoms with Gasteiger partial charge < -0.3 is 10.6 Å². The predicted molar refractivity (Wildman–Crippen MR) is 131 cm³/mol. The maximum Gasteiger partial charge on any atom is 0.225 e. The van der Waals surface area contributed by atoms with Crippen LogP contribution in [-0.4, -0.2) is 31.6 Å². The van der Waals surface area contributed by atoms with Crippen molar-refractivity contribution in [1.82, 2.24) is 20.0 Å². The van der Waals surface area contributed by atoms with Gasteiger partial charge in [-0.3, -0.25) is 4.79 Å². The number of aryl methyl sites for hydroxylation is 2. The Morgan fingerprint density at radius 2 is 1.78 bits per heavy atom. The summed E-state index contributed by atoms with van der Waals surface area (Å²) in [5.74, 6) is 0.578. The second kappa shape index (κ2) is 9.97. The highest BCUT2D eigenvalue weighted by atomic mass is 32.2. The molecule has 0 aliphatic rings. The van der Waals surface area contributed by atoms with Crippen molar-refractivity contribution in [2.75, 3.05) is 16.4 Å². The zero-order chi connectivity index (χ0) is 22.5. The summed E-state index contributed by atoms with van der Waals surface area (Å²) in [7, 11) is 0. The quantitative estimate of drug-likeness (QED) is 0.334. The van der Waals surface area contributed by atoms with E-state index in [-0.39, 0.29) is 5.91 Å². The second-order valence-corrected chi connectivity index (χ2v) is 9.62. The van der Waals surface area contributed by atoms with Crippen molar-refractivity contribution in [1.29, 1.82) is 0 Å². The fourth-order valence-electron chi connectivity index (χ4n) is 3.16. The number of amides is 1. The zero-order valence-corrected chi connectivity index (χ0v) is 19.8. The number of thioether (sulfide) groups is 1. The van der Waals surface area contributed by atoms with Gasteiger partial charge in [0.05, 0.1) is 22.8 Å². The molecule has 7 nitrogen and oxygen atoms in total. The van der Waals surface area contributed by atoms with E-state index in [1.165, 1.54) is 28.7 Å². The second-order valence-electron chi connectivity index (χ2n) is 7.30. The molecular formula is C23H24N6OS2. The monoisotopic (exact) mass is 464 g/mol. The van der Waals surface area contributed by atoms with Crippen LogP contribution in [0.5, 0.6) is 0 Å². The molecule has 2 aromatic carbocycles. The lowest BCUT2D eigenvalue weighted by Crippen LogP contribution is -2.13. The van der Waals surface area contributed by atoms with Crippen LogP contribution in [0.3, 0.4) is 0 Å². The maximum atomic E-state index is 12.5. The first kappa shape index (κ1) is 22.0. The number of benzene rings is 2. The van der Waals surface area contributed by atoms with E-state index in [1.807, 2.05) is 73.1 Å². The van der Waals surface area contributed by atoms with E-state index in [4.69, 9.17) is 0 Å². The fraction of sp³-hybridized carbons (Fsp3) is 0.217. The number of hydrogen-bond acceptors (Lipinski definition) is 7. The SMILES string of the molecule is Cc1ccc(Nc2nnc(SCCC(=O)Nc3c(C)nn(-c4ccccc4)c3C)s2)cc1. The van der Waals surface area contributed by atoms with Crippen LogP contribution in [0.25, 0.3) is 5.69 Å². The molecule has 0 saturated heterocycles. The highest BCUT2D eigenvalue weighted by Crippen LogP contribution is 2.28. The molecule has 0 spiro atoms. The van der Waals surface area contributed by atoms with Gasteiger partial charge in [-0.15, -0.1) is 10.2 Å². The van der Waals surface area contributed by atoms with Gasteiger partial charge in [-0.05, 0) is 45.0 Å². The Morgan fingerprint density at radius 3 is 2.53 bits per heavy atom. The molecule has 0 bridgehead atoms. The molecule has 4 aromatic rings. The van der Waals surface area contributed by atoms with Crippen LogP contribution in [-0.2, 0) is 4.79 Å². The molecule has 164 valence electrons. The minimum Gasteiger partial charge on any atom is -0.330 e. The molecule has 4 rings (SSSR count). The van der Waals surface area contributed by atoms with Gasteiger partial charge in [0, 0.05) is 17.9 Å². The summed E-state index contributed by atoms with van der Waals surface area (Å²) in [5, 5.41) is 20.0. The predicted octanol–water partition coefficient (Wildman–Crippen LogP) is 5.51. The minimum atomic E-state index is -0.0427. The van der Waals surface area contributed by atoms with Crippen LogP contribution in [0.4, 0.5) is 16.5 Å². The summed E-state index contributed by atoms with van der Waals surface area (Å²) < 4.78 is 2.68. The lowest BCUT2D eigenvalue weighted by molar-refractivity contribution is -0.115. The third-order valence-electron chi connectivity index (χ3n) is 4.82. The average molecular weight is 465 g/mol. The standard InChI is InChI=1S/C23H24N6OS2/c1-15-9-11-18(12-10-15)24-22-26-27-23(32-22)31-14-13-20(30)25-21-16(2)28-29(17(21)3)19-7-5-4-6-8-19/h4-12H,13-14H2,1-3H3,(H,24,26)(H,25,30). The van der Waals surface area contributed by atoms with E-state index in [9.17, 15) is 4.79 Å². The Kier molecular flexibility index (Phi) is 6.87. The topological polar surface area (TPSA) is 84.7 Å². The smallest absolute Gasteiger partial charge is 0.225 e. The first-order valence-electron chi connectivity index (χ1n) is 10.2. The van der Waals surface area contributed by atoms with Crippen molar-refractivity contribution in [3.8, 4) is 5.69 Å². The van der Waals surface area contributed by atoms with Gasteiger partial charge in [-0.1, -0.05) is 59.0 Å². The van der Waals surface area contributed by atoms with Gasteiger partial charge >= 0.3 is 0 Å². The number of carbonyl (C=O) groups is 1. The molecule has 0 aliphatic carbocycles. The summed E-state index contributed by atoms with van der Waals surface area (Å²) >= 11 is 3.00. The van der Waals surface area contributed by atoms with Crippen molar-refractivity contribution in [3.63, 3.8) is 0 Å². The van der Waals surface area contributed by atoms with Crippen molar-refractivity contribution in [3.05, 3.63) is 71.5 Å². The molecule has 0 radical (unpaired) electrons. The molecule has 32 heavy (non-hydrogen) atoms. The third kappa shape index (κ3) is 5.35. The number of nitrogens with one attached hydrogen (secondary N) is 2.